The second kappa shape index (κ2) is 6.03. The van der Waals surface area contributed by atoms with Crippen molar-refractivity contribution >= 4 is 5.97 Å². The van der Waals surface area contributed by atoms with Crippen LogP contribution in [0.2, 0.25) is 0 Å². The summed E-state index contributed by atoms with van der Waals surface area (Å²) in [6.07, 6.45) is 9.45. The Bertz CT molecular complexity index is 618. The van der Waals surface area contributed by atoms with E-state index in [-0.39, 0.29) is 5.69 Å². The number of aromatic nitrogens is 4. The first-order valence-corrected chi connectivity index (χ1v) is 7.33. The van der Waals surface area contributed by atoms with Crippen molar-refractivity contribution in [3.8, 4) is 11.3 Å². The largest absolute Gasteiger partial charge is 0.476 e. The molecule has 6 heteroatoms. The molecule has 1 fully saturated rings. The summed E-state index contributed by atoms with van der Waals surface area (Å²) < 4.78 is 1.74. The predicted octanol–water partition coefficient (Wildman–Crippen LogP) is 2.62. The van der Waals surface area contributed by atoms with Crippen molar-refractivity contribution in [3.63, 3.8) is 0 Å². The molecule has 0 amide bonds. The third-order valence-electron chi connectivity index (χ3n) is 4.05. The number of carboxylic acid groups (broad SMARTS) is 1. The van der Waals surface area contributed by atoms with Crippen molar-refractivity contribution in [1.29, 1.82) is 0 Å². The van der Waals surface area contributed by atoms with Gasteiger partial charge in [-0.3, -0.25) is 4.98 Å². The molecule has 0 saturated heterocycles. The van der Waals surface area contributed by atoms with Crippen LogP contribution in [-0.4, -0.2) is 31.1 Å². The van der Waals surface area contributed by atoms with Gasteiger partial charge in [-0.25, -0.2) is 9.48 Å². The maximum atomic E-state index is 11.4. The first kappa shape index (κ1) is 13.7. The van der Waals surface area contributed by atoms with Crippen LogP contribution < -0.4 is 0 Å². The van der Waals surface area contributed by atoms with Crippen molar-refractivity contribution in [2.45, 2.75) is 38.6 Å². The molecule has 0 radical (unpaired) electrons. The average Bonchev–Trinajstić information content (AvgIpc) is 2.93. The lowest BCUT2D eigenvalue weighted by Crippen LogP contribution is -2.16. The van der Waals surface area contributed by atoms with E-state index in [0.29, 0.717) is 11.6 Å². The molecule has 0 spiro atoms. The van der Waals surface area contributed by atoms with E-state index >= 15 is 0 Å². The second-order valence-electron chi connectivity index (χ2n) is 5.51. The topological polar surface area (TPSA) is 80.9 Å². The summed E-state index contributed by atoms with van der Waals surface area (Å²) in [7, 11) is 0. The van der Waals surface area contributed by atoms with Gasteiger partial charge in [0.15, 0.2) is 5.69 Å². The highest BCUT2D eigenvalue weighted by Gasteiger charge is 2.23. The average molecular weight is 286 g/mol. The molecule has 2 aromatic heterocycles. The summed E-state index contributed by atoms with van der Waals surface area (Å²) in [5, 5.41) is 17.2. The number of hydrogen-bond acceptors (Lipinski definition) is 4. The van der Waals surface area contributed by atoms with Gasteiger partial charge in [-0.15, -0.1) is 5.10 Å². The summed E-state index contributed by atoms with van der Waals surface area (Å²) in [5.74, 6) is -0.487. The maximum absolute atomic E-state index is 11.4. The smallest absolute Gasteiger partial charge is 0.358 e. The fourth-order valence-electron chi connectivity index (χ4n) is 2.99. The lowest BCUT2D eigenvalue weighted by Gasteiger charge is -2.21. The van der Waals surface area contributed by atoms with Crippen molar-refractivity contribution in [1.82, 2.24) is 20.0 Å². The van der Waals surface area contributed by atoms with Crippen LogP contribution in [0, 0.1) is 5.92 Å². The zero-order chi connectivity index (χ0) is 14.7. The Hall–Kier alpha value is -2.24. The van der Waals surface area contributed by atoms with Crippen molar-refractivity contribution < 1.29 is 9.90 Å². The number of nitrogens with zero attached hydrogens (tertiary/aromatic N) is 4. The summed E-state index contributed by atoms with van der Waals surface area (Å²) >= 11 is 0. The molecule has 1 aliphatic rings. The summed E-state index contributed by atoms with van der Waals surface area (Å²) in [6, 6.07) is 3.59. The highest BCUT2D eigenvalue weighted by atomic mass is 16.4. The monoisotopic (exact) mass is 286 g/mol. The summed E-state index contributed by atoms with van der Waals surface area (Å²) in [6.45, 7) is 0.734. The Morgan fingerprint density at radius 3 is 2.62 bits per heavy atom. The molecule has 3 rings (SSSR count). The van der Waals surface area contributed by atoms with Crippen LogP contribution in [0.25, 0.3) is 11.3 Å². The van der Waals surface area contributed by atoms with Gasteiger partial charge < -0.3 is 5.11 Å². The first-order valence-electron chi connectivity index (χ1n) is 7.33. The Labute approximate surface area is 122 Å². The van der Waals surface area contributed by atoms with Gasteiger partial charge in [-0.2, -0.15) is 0 Å². The number of rotatable bonds is 4. The summed E-state index contributed by atoms with van der Waals surface area (Å²) in [5.41, 5.74) is 1.38. The number of carbonyl (C=O) groups is 1. The molecule has 0 aromatic carbocycles. The number of hydrogen-bond donors (Lipinski definition) is 1. The van der Waals surface area contributed by atoms with E-state index in [1.807, 2.05) is 0 Å². The molecule has 2 heterocycles. The van der Waals surface area contributed by atoms with E-state index in [1.165, 1.54) is 32.1 Å². The van der Waals surface area contributed by atoms with Crippen LogP contribution in [0.5, 0.6) is 0 Å². The van der Waals surface area contributed by atoms with Crippen molar-refractivity contribution in [3.05, 3.63) is 30.2 Å². The highest BCUT2D eigenvalue weighted by Crippen LogP contribution is 2.28. The molecule has 0 aliphatic heterocycles. The zero-order valence-corrected chi connectivity index (χ0v) is 11.8. The molecule has 1 aliphatic carbocycles. The van der Waals surface area contributed by atoms with Crippen molar-refractivity contribution in [2.24, 2.45) is 5.92 Å². The van der Waals surface area contributed by atoms with E-state index in [0.717, 1.165) is 12.1 Å². The minimum absolute atomic E-state index is 0.0111. The van der Waals surface area contributed by atoms with E-state index in [1.54, 1.807) is 29.2 Å². The van der Waals surface area contributed by atoms with Crippen LogP contribution in [0.1, 0.15) is 42.6 Å². The zero-order valence-electron chi connectivity index (χ0n) is 11.8. The standard InChI is InChI=1S/C15H18N4O2/c20-15(21)13-14(12-6-8-16-9-7-12)19(18-17-13)10-11-4-2-1-3-5-11/h6-9,11H,1-5,10H2,(H,20,21). The molecule has 21 heavy (non-hydrogen) atoms. The maximum Gasteiger partial charge on any atom is 0.358 e. The molecule has 0 unspecified atom stereocenters. The van der Waals surface area contributed by atoms with E-state index in [2.05, 4.69) is 15.3 Å². The molecule has 1 saturated carbocycles. The molecule has 1 N–H and O–H groups in total. The van der Waals surface area contributed by atoms with Gasteiger partial charge in [0.2, 0.25) is 0 Å². The van der Waals surface area contributed by atoms with Crippen LogP contribution in [0.3, 0.4) is 0 Å². The Kier molecular flexibility index (Phi) is 3.94. The number of carboxylic acids is 1. The third kappa shape index (κ3) is 2.94. The quantitative estimate of drug-likeness (QED) is 0.934. The van der Waals surface area contributed by atoms with Gasteiger partial charge in [0.25, 0.3) is 0 Å². The molecular weight excluding hydrogens is 268 g/mol. The van der Waals surface area contributed by atoms with Crippen LogP contribution in [-0.2, 0) is 6.54 Å². The van der Waals surface area contributed by atoms with E-state index < -0.39 is 5.97 Å². The number of pyridine rings is 1. The molecular formula is C15H18N4O2. The molecule has 2 aromatic rings. The van der Waals surface area contributed by atoms with Crippen LogP contribution in [0.15, 0.2) is 24.5 Å². The molecule has 0 atom stereocenters. The van der Waals surface area contributed by atoms with Crippen molar-refractivity contribution in [2.75, 3.05) is 0 Å². The Morgan fingerprint density at radius 1 is 1.24 bits per heavy atom. The number of aromatic carboxylic acids is 1. The van der Waals surface area contributed by atoms with E-state index in [4.69, 9.17) is 0 Å². The minimum atomic E-state index is -1.04. The third-order valence-corrected chi connectivity index (χ3v) is 4.05. The van der Waals surface area contributed by atoms with Gasteiger partial charge >= 0.3 is 5.97 Å². The normalized spacial score (nSPS) is 16.0. The second-order valence-corrected chi connectivity index (χ2v) is 5.51. The van der Waals surface area contributed by atoms with Crippen LogP contribution >= 0.6 is 0 Å². The lowest BCUT2D eigenvalue weighted by atomic mass is 9.89. The highest BCUT2D eigenvalue weighted by molar-refractivity contribution is 5.92. The van der Waals surface area contributed by atoms with Crippen LogP contribution in [0.4, 0.5) is 0 Å². The fourth-order valence-corrected chi connectivity index (χ4v) is 2.99. The lowest BCUT2D eigenvalue weighted by molar-refractivity contribution is 0.0691. The van der Waals surface area contributed by atoms with Gasteiger partial charge in [-0.05, 0) is 30.9 Å². The van der Waals surface area contributed by atoms with Gasteiger partial charge in [0.05, 0.1) is 0 Å². The SMILES string of the molecule is O=C(O)c1nnn(CC2CCCCC2)c1-c1ccncc1. The van der Waals surface area contributed by atoms with E-state index in [9.17, 15) is 9.90 Å². The van der Waals surface area contributed by atoms with Gasteiger partial charge in [-0.1, -0.05) is 24.5 Å². The van der Waals surface area contributed by atoms with Gasteiger partial charge in [0, 0.05) is 24.5 Å². The first-order chi connectivity index (χ1) is 10.3. The Morgan fingerprint density at radius 2 is 1.95 bits per heavy atom. The minimum Gasteiger partial charge on any atom is -0.476 e. The predicted molar refractivity (Wildman–Crippen MR) is 76.8 cm³/mol. The fraction of sp³-hybridized carbons (Fsp3) is 0.467. The molecule has 110 valence electrons. The Balaban J connectivity index is 1.95. The summed E-state index contributed by atoms with van der Waals surface area (Å²) in [4.78, 5) is 15.3. The van der Waals surface area contributed by atoms with Gasteiger partial charge in [0.1, 0.15) is 5.69 Å². The molecule has 6 nitrogen and oxygen atoms in total. The molecule has 0 bridgehead atoms.